The number of hydrogen-bond acceptors (Lipinski definition) is 6. The Morgan fingerprint density at radius 3 is 1.23 bits per heavy atom. The van der Waals surface area contributed by atoms with Gasteiger partial charge in [0, 0.05) is 51.0 Å². The molecule has 0 saturated carbocycles. The van der Waals surface area contributed by atoms with E-state index < -0.39 is 0 Å². The molecule has 0 N–H and O–H groups in total. The van der Waals surface area contributed by atoms with Crippen LogP contribution >= 0.6 is 0 Å². The molecule has 0 aliphatic carbocycles. The number of aromatic nitrogens is 6. The minimum atomic E-state index is 0.698. The van der Waals surface area contributed by atoms with Crippen LogP contribution in [0.25, 0.3) is 101 Å². The summed E-state index contributed by atoms with van der Waals surface area (Å²) in [4.78, 5) is 29.3. The molecule has 0 spiro atoms. The molecule has 10 rings (SSSR count). The summed E-state index contributed by atoms with van der Waals surface area (Å²) in [6, 6.07) is 60.5. The van der Waals surface area contributed by atoms with E-state index in [1.807, 2.05) is 103 Å². The minimum Gasteiger partial charge on any atom is -0.261 e. The molecule has 6 nitrogen and oxygen atoms in total. The van der Waals surface area contributed by atoms with Crippen molar-refractivity contribution in [2.24, 2.45) is 0 Å². The number of hydrogen-bond donors (Lipinski definition) is 0. The third kappa shape index (κ3) is 6.35. The molecule has 0 fully saturated rings. The average Bonchev–Trinajstić information content (AvgIpc) is 3.29. The third-order valence-electron chi connectivity index (χ3n) is 10.0. The minimum absolute atomic E-state index is 0.698. The molecular weight excluding hydrogens is 685 g/mol. The molecule has 56 heavy (non-hydrogen) atoms. The van der Waals surface area contributed by atoms with E-state index in [4.69, 9.17) is 24.9 Å². The van der Waals surface area contributed by atoms with Crippen LogP contribution in [0.15, 0.2) is 195 Å². The van der Waals surface area contributed by atoms with Crippen molar-refractivity contribution in [3.8, 4) is 78.8 Å². The van der Waals surface area contributed by atoms with Crippen LogP contribution in [-0.2, 0) is 0 Å². The first-order valence-electron chi connectivity index (χ1n) is 18.5. The summed E-state index contributed by atoms with van der Waals surface area (Å²) in [6.45, 7) is 0. The Hall–Kier alpha value is -7.70. The summed E-state index contributed by atoms with van der Waals surface area (Å²) >= 11 is 0. The summed E-state index contributed by atoms with van der Waals surface area (Å²) in [5.74, 6) is 1.40. The first kappa shape index (κ1) is 32.9. The van der Waals surface area contributed by atoms with Crippen LogP contribution in [0.2, 0.25) is 0 Å². The second-order valence-corrected chi connectivity index (χ2v) is 13.6. The van der Waals surface area contributed by atoms with Crippen LogP contribution in [0.4, 0.5) is 0 Å². The quantitative estimate of drug-likeness (QED) is 0.163. The lowest BCUT2D eigenvalue weighted by atomic mass is 9.92. The van der Waals surface area contributed by atoms with Gasteiger partial charge in [-0.3, -0.25) is 9.97 Å². The highest BCUT2D eigenvalue weighted by Gasteiger charge is 2.16. The topological polar surface area (TPSA) is 77.3 Å². The van der Waals surface area contributed by atoms with Gasteiger partial charge in [-0.25, -0.2) is 19.9 Å². The van der Waals surface area contributed by atoms with Crippen molar-refractivity contribution >= 4 is 21.8 Å². The van der Waals surface area contributed by atoms with Crippen molar-refractivity contribution in [2.45, 2.75) is 0 Å². The third-order valence-corrected chi connectivity index (χ3v) is 10.0. The van der Waals surface area contributed by atoms with Gasteiger partial charge in [0.1, 0.15) is 0 Å². The Kier molecular flexibility index (Phi) is 8.39. The van der Waals surface area contributed by atoms with Crippen LogP contribution in [0.1, 0.15) is 0 Å². The van der Waals surface area contributed by atoms with E-state index in [-0.39, 0.29) is 0 Å². The number of rotatable bonds is 7. The molecule has 0 bridgehead atoms. The molecule has 7 aromatic carbocycles. The van der Waals surface area contributed by atoms with Crippen molar-refractivity contribution < 1.29 is 0 Å². The molecule has 3 aromatic heterocycles. The smallest absolute Gasteiger partial charge is 0.160 e. The highest BCUT2D eigenvalue weighted by Crippen LogP contribution is 2.37. The highest BCUT2D eigenvalue weighted by molar-refractivity contribution is 5.96. The van der Waals surface area contributed by atoms with Gasteiger partial charge in [0.05, 0.1) is 34.3 Å². The Morgan fingerprint density at radius 2 is 0.732 bits per heavy atom. The average molecular weight is 717 g/mol. The van der Waals surface area contributed by atoms with Gasteiger partial charge in [0.2, 0.25) is 0 Å². The van der Waals surface area contributed by atoms with Crippen LogP contribution in [0.5, 0.6) is 0 Å². The Bertz CT molecular complexity index is 2840. The molecule has 0 saturated heterocycles. The van der Waals surface area contributed by atoms with Crippen molar-refractivity contribution in [2.75, 3.05) is 0 Å². The first-order chi connectivity index (χ1) is 27.7. The van der Waals surface area contributed by atoms with Gasteiger partial charge in [0.25, 0.3) is 0 Å². The van der Waals surface area contributed by atoms with Crippen molar-refractivity contribution in [1.29, 1.82) is 0 Å². The van der Waals surface area contributed by atoms with Gasteiger partial charge in [-0.15, -0.1) is 0 Å². The number of para-hydroxylation sites is 2. The molecule has 0 aliphatic heterocycles. The molecular formula is C50H32N6. The molecule has 0 atom stereocenters. The zero-order valence-electron chi connectivity index (χ0n) is 30.2. The van der Waals surface area contributed by atoms with E-state index in [2.05, 4.69) is 83.8 Å². The normalized spacial score (nSPS) is 11.2. The van der Waals surface area contributed by atoms with Crippen molar-refractivity contribution in [3.63, 3.8) is 0 Å². The van der Waals surface area contributed by atoms with Crippen molar-refractivity contribution in [1.82, 2.24) is 29.9 Å². The molecule has 3 heterocycles. The Labute approximate surface area is 324 Å². The zero-order chi connectivity index (χ0) is 37.3. The predicted molar refractivity (Wildman–Crippen MR) is 226 cm³/mol. The molecule has 6 heteroatoms. The van der Waals surface area contributed by atoms with Gasteiger partial charge in [0.15, 0.2) is 11.6 Å². The summed E-state index contributed by atoms with van der Waals surface area (Å²) in [7, 11) is 0. The lowest BCUT2D eigenvalue weighted by Crippen LogP contribution is -1.95. The predicted octanol–water partition coefficient (Wildman–Crippen LogP) is 12.0. The maximum atomic E-state index is 5.15. The van der Waals surface area contributed by atoms with Crippen molar-refractivity contribution in [3.05, 3.63) is 195 Å². The number of fused-ring (bicyclic) bond motifs is 2. The molecule has 0 radical (unpaired) electrons. The molecule has 0 amide bonds. The highest BCUT2D eigenvalue weighted by atomic mass is 14.9. The fraction of sp³-hybridized carbons (Fsp3) is 0. The van der Waals surface area contributed by atoms with E-state index >= 15 is 0 Å². The van der Waals surface area contributed by atoms with E-state index in [0.29, 0.717) is 11.6 Å². The maximum absolute atomic E-state index is 5.15. The largest absolute Gasteiger partial charge is 0.261 e. The van der Waals surface area contributed by atoms with E-state index in [1.165, 1.54) is 0 Å². The zero-order valence-corrected chi connectivity index (χ0v) is 30.2. The monoisotopic (exact) mass is 716 g/mol. The van der Waals surface area contributed by atoms with Crippen LogP contribution in [0, 0.1) is 0 Å². The summed E-state index contributed by atoms with van der Waals surface area (Å²) in [6.07, 6.45) is 5.25. The molecule has 0 aliphatic rings. The van der Waals surface area contributed by atoms with Gasteiger partial charge in [-0.05, 0) is 64.7 Å². The van der Waals surface area contributed by atoms with Gasteiger partial charge in [-0.2, -0.15) is 0 Å². The van der Waals surface area contributed by atoms with Crippen LogP contribution in [0.3, 0.4) is 0 Å². The maximum Gasteiger partial charge on any atom is 0.160 e. The first-order valence-corrected chi connectivity index (χ1v) is 18.5. The molecule has 262 valence electrons. The Balaban J connectivity index is 1.12. The fourth-order valence-electron chi connectivity index (χ4n) is 7.28. The lowest BCUT2D eigenvalue weighted by Gasteiger charge is -2.14. The number of nitrogens with zero attached hydrogens (tertiary/aromatic N) is 6. The fourth-order valence-corrected chi connectivity index (χ4v) is 7.28. The molecule has 0 unspecified atom stereocenters. The SMILES string of the molecule is c1ccc(-c2nc(-c3cccc(-c4cc(-c5cccc(-c6nc(-c7ccccc7)nc7ccccc67)c5)cc(-c5cnccn5)c4)c3)c3ccccc3n2)cc1. The van der Waals surface area contributed by atoms with Crippen LogP contribution in [-0.4, -0.2) is 29.9 Å². The van der Waals surface area contributed by atoms with Gasteiger partial charge < -0.3 is 0 Å². The van der Waals surface area contributed by atoms with E-state index in [9.17, 15) is 0 Å². The van der Waals surface area contributed by atoms with E-state index in [1.54, 1.807) is 12.4 Å². The van der Waals surface area contributed by atoms with E-state index in [0.717, 1.165) is 89.0 Å². The summed E-state index contributed by atoms with van der Waals surface area (Å²) in [5, 5.41) is 2.01. The second kappa shape index (κ2) is 14.3. The second-order valence-electron chi connectivity index (χ2n) is 13.6. The number of benzene rings is 7. The molecule has 10 aromatic rings. The standard InChI is InChI=1S/C50H32N6/c1-3-13-33(14-4-1)49-53-44-23-9-7-21-42(44)47(55-49)37-19-11-17-35(27-37)39-29-40(31-41(30-39)46-32-51-25-26-52-46)36-18-12-20-38(28-36)48-43-22-8-10-24-45(43)54-50(56-48)34-15-5-2-6-16-34/h1-32H. The van der Waals surface area contributed by atoms with Gasteiger partial charge in [-0.1, -0.05) is 133 Å². The van der Waals surface area contributed by atoms with Crippen LogP contribution < -0.4 is 0 Å². The lowest BCUT2D eigenvalue weighted by molar-refractivity contribution is 1.21. The summed E-state index contributed by atoms with van der Waals surface area (Å²) < 4.78 is 0. The Morgan fingerprint density at radius 1 is 0.304 bits per heavy atom. The summed E-state index contributed by atoms with van der Waals surface area (Å²) in [5.41, 5.74) is 13.6. The van der Waals surface area contributed by atoms with Gasteiger partial charge >= 0.3 is 0 Å².